The number of nitrogens with one attached hydrogen (secondary N) is 1. The van der Waals surface area contributed by atoms with Crippen LogP contribution in [0.4, 0.5) is 5.69 Å². The quantitative estimate of drug-likeness (QED) is 0.255. The zero-order valence-corrected chi connectivity index (χ0v) is 24.6. The highest BCUT2D eigenvalue weighted by Crippen LogP contribution is 2.29. The van der Waals surface area contributed by atoms with E-state index in [2.05, 4.69) is 5.32 Å². The van der Waals surface area contributed by atoms with Crippen LogP contribution in [0, 0.1) is 0 Å². The molecule has 2 amide bonds. The van der Waals surface area contributed by atoms with Crippen molar-refractivity contribution in [3.63, 3.8) is 0 Å². The Morgan fingerprint density at radius 3 is 2.02 bits per heavy atom. The van der Waals surface area contributed by atoms with E-state index in [9.17, 15) is 18.0 Å². The molecule has 0 unspecified atom stereocenters. The molecule has 2 atom stereocenters. The molecule has 0 saturated carbocycles. The maximum Gasteiger partial charge on any atom is 0.244 e. The third kappa shape index (κ3) is 7.73. The number of carbonyl (C=O) groups excluding carboxylic acids is 2. The summed E-state index contributed by atoms with van der Waals surface area (Å²) < 4.78 is 27.4. The largest absolute Gasteiger partial charge is 0.352 e. The molecule has 7 nitrogen and oxygen atoms in total. The summed E-state index contributed by atoms with van der Waals surface area (Å²) in [5.41, 5.74) is 2.16. The van der Waals surface area contributed by atoms with Gasteiger partial charge in [-0.05, 0) is 35.9 Å². The number of anilines is 1. The highest BCUT2D eigenvalue weighted by Gasteiger charge is 2.33. The minimum Gasteiger partial charge on any atom is -0.352 e. The minimum atomic E-state index is -3.85. The summed E-state index contributed by atoms with van der Waals surface area (Å²) in [5, 5.41) is 4.63. The van der Waals surface area contributed by atoms with Crippen LogP contribution in [0.5, 0.6) is 0 Å². The summed E-state index contributed by atoms with van der Waals surface area (Å²) in [4.78, 5) is 29.5. The summed E-state index contributed by atoms with van der Waals surface area (Å²) >= 11 is 0. The third-order valence-electron chi connectivity index (χ3n) is 7.18. The Labute approximate surface area is 242 Å². The van der Waals surface area contributed by atoms with Crippen molar-refractivity contribution in [1.82, 2.24) is 10.2 Å². The van der Waals surface area contributed by atoms with Crippen LogP contribution in [-0.4, -0.2) is 50.0 Å². The molecule has 0 heterocycles. The zero-order valence-electron chi connectivity index (χ0n) is 23.7. The van der Waals surface area contributed by atoms with Gasteiger partial charge in [0.1, 0.15) is 12.6 Å². The molecule has 8 heteroatoms. The molecule has 0 aliphatic heterocycles. The summed E-state index contributed by atoms with van der Waals surface area (Å²) in [7, 11) is -3.85. The van der Waals surface area contributed by atoms with Crippen molar-refractivity contribution in [1.29, 1.82) is 0 Å². The van der Waals surface area contributed by atoms with Gasteiger partial charge in [-0.1, -0.05) is 104 Å². The number of fused-ring (bicyclic) bond motifs is 1. The van der Waals surface area contributed by atoms with Crippen LogP contribution < -0.4 is 9.62 Å². The molecule has 0 aliphatic rings. The first kappa shape index (κ1) is 29.8. The highest BCUT2D eigenvalue weighted by molar-refractivity contribution is 7.92. The fourth-order valence-corrected chi connectivity index (χ4v) is 5.66. The number of carbonyl (C=O) groups is 2. The third-order valence-corrected chi connectivity index (χ3v) is 8.31. The number of sulfonamides is 1. The molecule has 0 radical (unpaired) electrons. The molecule has 0 aliphatic carbocycles. The zero-order chi connectivity index (χ0) is 29.4. The van der Waals surface area contributed by atoms with E-state index in [1.54, 1.807) is 12.1 Å². The summed E-state index contributed by atoms with van der Waals surface area (Å²) in [5.74, 6) is -0.740. The number of hydrogen-bond donors (Lipinski definition) is 1. The van der Waals surface area contributed by atoms with Crippen LogP contribution in [-0.2, 0) is 32.6 Å². The maximum atomic E-state index is 14.2. The number of benzene rings is 4. The van der Waals surface area contributed by atoms with Gasteiger partial charge in [-0.2, -0.15) is 0 Å². The SMILES string of the molecule is CC[C@H](C)NC(=O)[C@@H](Cc1ccccc1)N(Cc1ccccc1)C(=O)CN(c1cccc2ccccc12)S(C)(=O)=O. The monoisotopic (exact) mass is 571 g/mol. The van der Waals surface area contributed by atoms with Crippen LogP contribution in [0.3, 0.4) is 0 Å². The van der Waals surface area contributed by atoms with Gasteiger partial charge >= 0.3 is 0 Å². The van der Waals surface area contributed by atoms with Gasteiger partial charge in [-0.15, -0.1) is 0 Å². The van der Waals surface area contributed by atoms with Gasteiger partial charge in [0, 0.05) is 24.4 Å². The van der Waals surface area contributed by atoms with Crippen LogP contribution in [0.25, 0.3) is 10.8 Å². The molecule has 0 saturated heterocycles. The summed E-state index contributed by atoms with van der Waals surface area (Å²) in [6.07, 6.45) is 2.12. The molecule has 4 aromatic carbocycles. The van der Waals surface area contributed by atoms with Crippen molar-refractivity contribution in [2.45, 2.75) is 45.3 Å². The highest BCUT2D eigenvalue weighted by atomic mass is 32.2. The van der Waals surface area contributed by atoms with Gasteiger partial charge in [-0.3, -0.25) is 13.9 Å². The van der Waals surface area contributed by atoms with Crippen LogP contribution in [0.1, 0.15) is 31.4 Å². The topological polar surface area (TPSA) is 86.8 Å². The van der Waals surface area contributed by atoms with E-state index < -0.39 is 28.5 Å². The van der Waals surface area contributed by atoms with Crippen molar-refractivity contribution in [3.05, 3.63) is 114 Å². The van der Waals surface area contributed by atoms with E-state index in [0.29, 0.717) is 5.69 Å². The van der Waals surface area contributed by atoms with Crippen LogP contribution >= 0.6 is 0 Å². The molecular formula is C33H37N3O4S. The average Bonchev–Trinajstić information content (AvgIpc) is 2.97. The second kappa shape index (κ2) is 13.5. The average molecular weight is 572 g/mol. The molecule has 0 fully saturated rings. The van der Waals surface area contributed by atoms with Crippen molar-refractivity contribution < 1.29 is 18.0 Å². The lowest BCUT2D eigenvalue weighted by Crippen LogP contribution is -2.54. The fraction of sp³-hybridized carbons (Fsp3) is 0.273. The van der Waals surface area contributed by atoms with Gasteiger partial charge in [0.05, 0.1) is 11.9 Å². The Balaban J connectivity index is 1.77. The van der Waals surface area contributed by atoms with Gasteiger partial charge < -0.3 is 10.2 Å². The lowest BCUT2D eigenvalue weighted by molar-refractivity contribution is -0.140. The van der Waals surface area contributed by atoms with Gasteiger partial charge in [0.15, 0.2) is 0 Å². The standard InChI is InChI=1S/C33H37N3O4S/c1-4-25(2)34-33(38)31(22-26-14-7-5-8-15-26)35(23-27-16-9-6-10-17-27)32(37)24-36(41(3,39)40)30-21-13-19-28-18-11-12-20-29(28)30/h5-21,25,31H,4,22-24H2,1-3H3,(H,34,38)/t25-,31+/m0/s1. The van der Waals surface area contributed by atoms with E-state index >= 15 is 0 Å². The van der Waals surface area contributed by atoms with Gasteiger partial charge in [-0.25, -0.2) is 8.42 Å². The summed E-state index contributed by atoms with van der Waals surface area (Å²) in [6, 6.07) is 30.9. The van der Waals surface area contributed by atoms with E-state index in [-0.39, 0.29) is 24.9 Å². The Bertz CT molecular complexity index is 1570. The second-order valence-electron chi connectivity index (χ2n) is 10.3. The number of amides is 2. The first-order valence-corrected chi connectivity index (χ1v) is 15.7. The lowest BCUT2D eigenvalue weighted by atomic mass is 10.0. The van der Waals surface area contributed by atoms with Crippen molar-refractivity contribution in [2.24, 2.45) is 0 Å². The molecule has 4 aromatic rings. The molecule has 1 N–H and O–H groups in total. The first-order valence-electron chi connectivity index (χ1n) is 13.8. The van der Waals surface area contributed by atoms with E-state index in [1.165, 1.54) is 4.90 Å². The second-order valence-corrected chi connectivity index (χ2v) is 12.2. The molecule has 41 heavy (non-hydrogen) atoms. The number of nitrogens with zero attached hydrogens (tertiary/aromatic N) is 2. The van der Waals surface area contributed by atoms with Gasteiger partial charge in [0.25, 0.3) is 0 Å². The van der Waals surface area contributed by atoms with E-state index in [1.807, 2.05) is 105 Å². The number of hydrogen-bond acceptors (Lipinski definition) is 4. The maximum absolute atomic E-state index is 14.2. The number of rotatable bonds is 12. The Hall–Kier alpha value is -4.17. The molecule has 0 aromatic heterocycles. The summed E-state index contributed by atoms with van der Waals surface area (Å²) in [6.45, 7) is 3.62. The molecule has 0 bridgehead atoms. The molecular weight excluding hydrogens is 534 g/mol. The van der Waals surface area contributed by atoms with E-state index in [0.717, 1.165) is 38.9 Å². The van der Waals surface area contributed by atoms with Crippen LogP contribution in [0.15, 0.2) is 103 Å². The van der Waals surface area contributed by atoms with Crippen molar-refractivity contribution >= 4 is 38.3 Å². The van der Waals surface area contributed by atoms with E-state index in [4.69, 9.17) is 0 Å². The van der Waals surface area contributed by atoms with Crippen molar-refractivity contribution in [2.75, 3.05) is 17.1 Å². The smallest absolute Gasteiger partial charge is 0.244 e. The molecule has 214 valence electrons. The predicted octanol–water partition coefficient (Wildman–Crippen LogP) is 5.16. The first-order chi connectivity index (χ1) is 19.7. The van der Waals surface area contributed by atoms with Gasteiger partial charge in [0.2, 0.25) is 21.8 Å². The van der Waals surface area contributed by atoms with Crippen molar-refractivity contribution in [3.8, 4) is 0 Å². The molecule has 0 spiro atoms. The van der Waals surface area contributed by atoms with Crippen LogP contribution in [0.2, 0.25) is 0 Å². The fourth-order valence-electron chi connectivity index (χ4n) is 4.80. The Kier molecular flexibility index (Phi) is 9.78. The Morgan fingerprint density at radius 2 is 1.39 bits per heavy atom. The lowest BCUT2D eigenvalue weighted by Gasteiger charge is -2.34. The normalized spacial score (nSPS) is 12.9. The minimum absolute atomic E-state index is 0.0855. The predicted molar refractivity (Wildman–Crippen MR) is 165 cm³/mol. The molecule has 4 rings (SSSR count). The Morgan fingerprint density at radius 1 is 0.805 bits per heavy atom.